The molecule has 1 heterocycles. The number of aromatic nitrogens is 1. The molecule has 0 bridgehead atoms. The molecule has 0 aliphatic rings. The van der Waals surface area contributed by atoms with Crippen LogP contribution in [0.25, 0.3) is 0 Å². The van der Waals surface area contributed by atoms with Gasteiger partial charge in [0.15, 0.2) is 0 Å². The standard InChI is InChI=1S/C13H22N2O/c1-5-11-7-6-8-15-13(11)12(14-4)9-16-10(2)3/h6-8,10,12,14H,5,9H2,1-4H3. The van der Waals surface area contributed by atoms with E-state index in [0.717, 1.165) is 12.1 Å². The summed E-state index contributed by atoms with van der Waals surface area (Å²) in [5.74, 6) is 0. The second-order valence-electron chi connectivity index (χ2n) is 4.12. The normalized spacial score (nSPS) is 13.1. The fraction of sp³-hybridized carbons (Fsp3) is 0.615. The number of rotatable bonds is 6. The summed E-state index contributed by atoms with van der Waals surface area (Å²) in [6.45, 7) is 6.91. The SMILES string of the molecule is CCc1cccnc1C(COC(C)C)NC. The third-order valence-corrected chi connectivity index (χ3v) is 2.58. The molecule has 1 aromatic heterocycles. The number of ether oxygens (including phenoxy) is 1. The topological polar surface area (TPSA) is 34.1 Å². The van der Waals surface area contributed by atoms with E-state index in [1.54, 1.807) is 0 Å². The van der Waals surface area contributed by atoms with Crippen molar-refractivity contribution in [2.75, 3.05) is 13.7 Å². The molecule has 0 aliphatic carbocycles. The highest BCUT2D eigenvalue weighted by Gasteiger charge is 2.14. The van der Waals surface area contributed by atoms with E-state index >= 15 is 0 Å². The minimum Gasteiger partial charge on any atom is -0.377 e. The van der Waals surface area contributed by atoms with Crippen LogP contribution in [0.15, 0.2) is 18.3 Å². The Morgan fingerprint density at radius 3 is 2.75 bits per heavy atom. The van der Waals surface area contributed by atoms with Gasteiger partial charge in [-0.15, -0.1) is 0 Å². The Morgan fingerprint density at radius 1 is 1.44 bits per heavy atom. The molecule has 0 fully saturated rings. The minimum absolute atomic E-state index is 0.179. The Morgan fingerprint density at radius 2 is 2.19 bits per heavy atom. The highest BCUT2D eigenvalue weighted by Crippen LogP contribution is 2.16. The largest absolute Gasteiger partial charge is 0.377 e. The first kappa shape index (κ1) is 13.1. The van der Waals surface area contributed by atoms with Gasteiger partial charge < -0.3 is 10.1 Å². The lowest BCUT2D eigenvalue weighted by atomic mass is 10.1. The number of aryl methyl sites for hydroxylation is 1. The van der Waals surface area contributed by atoms with E-state index in [1.807, 2.05) is 33.2 Å². The smallest absolute Gasteiger partial charge is 0.0733 e. The third kappa shape index (κ3) is 3.58. The van der Waals surface area contributed by atoms with Gasteiger partial charge in [0.05, 0.1) is 24.4 Å². The Bertz CT molecular complexity index is 313. The molecule has 16 heavy (non-hydrogen) atoms. The summed E-state index contributed by atoms with van der Waals surface area (Å²) in [4.78, 5) is 4.46. The maximum atomic E-state index is 5.65. The average Bonchev–Trinajstić information content (AvgIpc) is 2.30. The molecule has 0 saturated heterocycles. The number of likely N-dealkylation sites (N-methyl/N-ethyl adjacent to an activating group) is 1. The average molecular weight is 222 g/mol. The van der Waals surface area contributed by atoms with Gasteiger partial charge in [0.1, 0.15) is 0 Å². The van der Waals surface area contributed by atoms with Crippen molar-refractivity contribution in [3.05, 3.63) is 29.6 Å². The molecule has 1 aromatic rings. The molecule has 0 radical (unpaired) electrons. The Labute approximate surface area is 98.2 Å². The Hall–Kier alpha value is -0.930. The van der Waals surface area contributed by atoms with Crippen LogP contribution in [0.1, 0.15) is 38.1 Å². The molecule has 90 valence electrons. The summed E-state index contributed by atoms with van der Waals surface area (Å²) in [6.07, 6.45) is 3.10. The van der Waals surface area contributed by atoms with Gasteiger partial charge in [-0.05, 0) is 38.9 Å². The highest BCUT2D eigenvalue weighted by molar-refractivity contribution is 5.22. The van der Waals surface area contributed by atoms with Crippen LogP contribution < -0.4 is 5.32 Å². The van der Waals surface area contributed by atoms with Crippen LogP contribution >= 0.6 is 0 Å². The predicted molar refractivity (Wildman–Crippen MR) is 66.5 cm³/mol. The van der Waals surface area contributed by atoms with Gasteiger partial charge in [0.25, 0.3) is 0 Å². The van der Waals surface area contributed by atoms with Gasteiger partial charge in [0.2, 0.25) is 0 Å². The molecular weight excluding hydrogens is 200 g/mol. The number of nitrogens with one attached hydrogen (secondary N) is 1. The lowest BCUT2D eigenvalue weighted by Crippen LogP contribution is -2.25. The van der Waals surface area contributed by atoms with E-state index in [1.165, 1.54) is 5.56 Å². The maximum Gasteiger partial charge on any atom is 0.0733 e. The van der Waals surface area contributed by atoms with Crippen LogP contribution in [-0.2, 0) is 11.2 Å². The molecule has 0 spiro atoms. The van der Waals surface area contributed by atoms with Crippen LogP contribution in [0.4, 0.5) is 0 Å². The quantitative estimate of drug-likeness (QED) is 0.802. The number of pyridine rings is 1. The van der Waals surface area contributed by atoms with E-state index in [-0.39, 0.29) is 12.1 Å². The van der Waals surface area contributed by atoms with Gasteiger partial charge >= 0.3 is 0 Å². The lowest BCUT2D eigenvalue weighted by Gasteiger charge is -2.19. The molecule has 1 N–H and O–H groups in total. The van der Waals surface area contributed by atoms with Crippen molar-refractivity contribution in [3.8, 4) is 0 Å². The Kier molecular flexibility index (Phi) is 5.43. The summed E-state index contributed by atoms with van der Waals surface area (Å²) < 4.78 is 5.65. The molecule has 1 rings (SSSR count). The zero-order valence-corrected chi connectivity index (χ0v) is 10.7. The van der Waals surface area contributed by atoms with Crippen LogP contribution in [0.5, 0.6) is 0 Å². The van der Waals surface area contributed by atoms with Gasteiger partial charge in [-0.2, -0.15) is 0 Å². The number of nitrogens with zero attached hydrogens (tertiary/aromatic N) is 1. The first-order valence-electron chi connectivity index (χ1n) is 5.91. The van der Waals surface area contributed by atoms with E-state index in [4.69, 9.17) is 4.74 Å². The van der Waals surface area contributed by atoms with Gasteiger partial charge in [-0.1, -0.05) is 13.0 Å². The van der Waals surface area contributed by atoms with Crippen molar-refractivity contribution < 1.29 is 4.74 Å². The predicted octanol–water partition coefficient (Wildman–Crippen LogP) is 2.33. The molecule has 0 saturated carbocycles. The first-order chi connectivity index (χ1) is 7.69. The van der Waals surface area contributed by atoms with Crippen molar-refractivity contribution in [3.63, 3.8) is 0 Å². The molecule has 3 nitrogen and oxygen atoms in total. The number of hydrogen-bond acceptors (Lipinski definition) is 3. The molecule has 0 aliphatic heterocycles. The molecular formula is C13H22N2O. The van der Waals surface area contributed by atoms with Crippen molar-refractivity contribution in [1.29, 1.82) is 0 Å². The molecule has 3 heteroatoms. The number of hydrogen-bond donors (Lipinski definition) is 1. The first-order valence-corrected chi connectivity index (χ1v) is 5.91. The van der Waals surface area contributed by atoms with Crippen LogP contribution in [0.2, 0.25) is 0 Å². The maximum absolute atomic E-state index is 5.65. The van der Waals surface area contributed by atoms with Crippen LogP contribution in [0.3, 0.4) is 0 Å². The third-order valence-electron chi connectivity index (χ3n) is 2.58. The summed E-state index contributed by atoms with van der Waals surface area (Å²) in [5, 5.41) is 3.26. The van der Waals surface area contributed by atoms with Crippen LogP contribution in [0, 0.1) is 0 Å². The zero-order valence-electron chi connectivity index (χ0n) is 10.7. The van der Waals surface area contributed by atoms with Gasteiger partial charge in [-0.25, -0.2) is 0 Å². The zero-order chi connectivity index (χ0) is 12.0. The summed E-state index contributed by atoms with van der Waals surface area (Å²) in [6, 6.07) is 4.29. The fourth-order valence-electron chi connectivity index (χ4n) is 1.65. The van der Waals surface area contributed by atoms with Crippen molar-refractivity contribution in [2.45, 2.75) is 39.3 Å². The van der Waals surface area contributed by atoms with E-state index in [9.17, 15) is 0 Å². The van der Waals surface area contributed by atoms with E-state index in [0.29, 0.717) is 6.61 Å². The molecule has 0 aromatic carbocycles. The van der Waals surface area contributed by atoms with Crippen LogP contribution in [-0.4, -0.2) is 24.7 Å². The van der Waals surface area contributed by atoms with Crippen molar-refractivity contribution in [2.24, 2.45) is 0 Å². The van der Waals surface area contributed by atoms with Crippen molar-refractivity contribution >= 4 is 0 Å². The second kappa shape index (κ2) is 6.61. The monoisotopic (exact) mass is 222 g/mol. The second-order valence-corrected chi connectivity index (χ2v) is 4.12. The molecule has 1 atom stereocenters. The van der Waals surface area contributed by atoms with Gasteiger partial charge in [0, 0.05) is 6.20 Å². The highest BCUT2D eigenvalue weighted by atomic mass is 16.5. The van der Waals surface area contributed by atoms with Gasteiger partial charge in [-0.3, -0.25) is 4.98 Å². The summed E-state index contributed by atoms with van der Waals surface area (Å²) in [7, 11) is 1.95. The fourth-order valence-corrected chi connectivity index (χ4v) is 1.65. The molecule has 0 amide bonds. The molecule has 1 unspecified atom stereocenters. The summed E-state index contributed by atoms with van der Waals surface area (Å²) in [5.41, 5.74) is 2.39. The van der Waals surface area contributed by atoms with Crippen molar-refractivity contribution in [1.82, 2.24) is 10.3 Å². The minimum atomic E-state index is 0.179. The lowest BCUT2D eigenvalue weighted by molar-refractivity contribution is 0.0617. The van der Waals surface area contributed by atoms with E-state index < -0.39 is 0 Å². The summed E-state index contributed by atoms with van der Waals surface area (Å²) >= 11 is 0. The Balaban J connectivity index is 2.77. The van der Waals surface area contributed by atoms with E-state index in [2.05, 4.69) is 23.3 Å².